The number of amides is 1. The maximum absolute atomic E-state index is 13.2. The molecule has 3 rings (SSSR count). The van der Waals surface area contributed by atoms with E-state index in [1.807, 2.05) is 39.8 Å². The molecule has 0 spiro atoms. The average Bonchev–Trinajstić information content (AvgIpc) is 2.73. The summed E-state index contributed by atoms with van der Waals surface area (Å²) in [4.78, 5) is 39.8. The van der Waals surface area contributed by atoms with Gasteiger partial charge in [-0.25, -0.2) is 15.0 Å². The molecule has 0 radical (unpaired) electrons. The van der Waals surface area contributed by atoms with Gasteiger partial charge in [-0.3, -0.25) is 9.59 Å². The van der Waals surface area contributed by atoms with Crippen LogP contribution < -0.4 is 0 Å². The SMILES string of the molecule is Cc1ncc(-c2ccc(C(C)(C)C(=O)Cc3cccc(C(=O)N(C)C)n3)c(C)c2)cn1. The summed E-state index contributed by atoms with van der Waals surface area (Å²) in [6.45, 7) is 7.73. The van der Waals surface area contributed by atoms with Gasteiger partial charge >= 0.3 is 0 Å². The normalized spacial score (nSPS) is 11.3. The van der Waals surface area contributed by atoms with Gasteiger partial charge in [0, 0.05) is 49.6 Å². The Morgan fingerprint density at radius 2 is 1.65 bits per heavy atom. The summed E-state index contributed by atoms with van der Waals surface area (Å²) in [6.07, 6.45) is 3.77. The molecule has 1 aromatic carbocycles. The van der Waals surface area contributed by atoms with Crippen LogP contribution in [0.1, 0.15) is 47.0 Å². The van der Waals surface area contributed by atoms with Gasteiger partial charge < -0.3 is 4.90 Å². The fourth-order valence-electron chi connectivity index (χ4n) is 3.55. The highest BCUT2D eigenvalue weighted by Gasteiger charge is 2.31. The second-order valence-electron chi connectivity index (χ2n) is 8.49. The van der Waals surface area contributed by atoms with Crippen molar-refractivity contribution in [3.63, 3.8) is 0 Å². The lowest BCUT2D eigenvalue weighted by Crippen LogP contribution is -2.32. The molecule has 160 valence electrons. The smallest absolute Gasteiger partial charge is 0.271 e. The summed E-state index contributed by atoms with van der Waals surface area (Å²) in [5, 5.41) is 0. The minimum atomic E-state index is -0.699. The van der Waals surface area contributed by atoms with Crippen LogP contribution in [0.25, 0.3) is 11.1 Å². The molecule has 0 aliphatic rings. The number of rotatable bonds is 6. The number of benzene rings is 1. The summed E-state index contributed by atoms with van der Waals surface area (Å²) < 4.78 is 0. The second-order valence-corrected chi connectivity index (χ2v) is 8.49. The first-order valence-corrected chi connectivity index (χ1v) is 10.2. The Balaban J connectivity index is 1.84. The van der Waals surface area contributed by atoms with Crippen molar-refractivity contribution in [3.05, 3.63) is 77.1 Å². The summed E-state index contributed by atoms with van der Waals surface area (Å²) in [5.41, 5.74) is 4.19. The van der Waals surface area contributed by atoms with Gasteiger partial charge in [-0.1, -0.05) is 24.3 Å². The van der Waals surface area contributed by atoms with Crippen LogP contribution in [0.3, 0.4) is 0 Å². The number of hydrogen-bond acceptors (Lipinski definition) is 5. The molecule has 3 aromatic rings. The van der Waals surface area contributed by atoms with E-state index in [-0.39, 0.29) is 18.1 Å². The van der Waals surface area contributed by atoms with E-state index < -0.39 is 5.41 Å². The molecule has 0 bridgehead atoms. The Morgan fingerprint density at radius 1 is 0.968 bits per heavy atom. The van der Waals surface area contributed by atoms with E-state index in [4.69, 9.17) is 0 Å². The molecule has 0 aliphatic carbocycles. The van der Waals surface area contributed by atoms with Crippen LogP contribution in [-0.2, 0) is 16.6 Å². The summed E-state index contributed by atoms with van der Waals surface area (Å²) in [7, 11) is 3.36. The van der Waals surface area contributed by atoms with E-state index in [1.165, 1.54) is 4.90 Å². The minimum Gasteiger partial charge on any atom is -0.343 e. The molecule has 0 N–H and O–H groups in total. The molecular formula is C25H28N4O2. The second kappa shape index (κ2) is 8.76. The molecule has 0 saturated heterocycles. The van der Waals surface area contributed by atoms with Crippen LogP contribution in [0.5, 0.6) is 0 Å². The fraction of sp³-hybridized carbons (Fsp3) is 0.320. The third-order valence-electron chi connectivity index (χ3n) is 5.48. The number of carbonyl (C=O) groups is 2. The largest absolute Gasteiger partial charge is 0.343 e. The van der Waals surface area contributed by atoms with Crippen LogP contribution in [0.15, 0.2) is 48.8 Å². The lowest BCUT2D eigenvalue weighted by atomic mass is 9.76. The number of hydrogen-bond donors (Lipinski definition) is 0. The maximum Gasteiger partial charge on any atom is 0.271 e. The van der Waals surface area contributed by atoms with Gasteiger partial charge in [0.05, 0.1) is 0 Å². The molecule has 0 fully saturated rings. The molecule has 0 unspecified atom stereocenters. The van der Waals surface area contributed by atoms with Crippen molar-refractivity contribution in [3.8, 4) is 11.1 Å². The van der Waals surface area contributed by atoms with E-state index in [9.17, 15) is 9.59 Å². The molecule has 0 saturated carbocycles. The molecule has 31 heavy (non-hydrogen) atoms. The Kier molecular flexibility index (Phi) is 6.29. The predicted molar refractivity (Wildman–Crippen MR) is 121 cm³/mol. The monoisotopic (exact) mass is 416 g/mol. The van der Waals surface area contributed by atoms with E-state index in [0.717, 1.165) is 28.1 Å². The van der Waals surface area contributed by atoms with Crippen molar-refractivity contribution in [2.45, 2.75) is 39.5 Å². The summed E-state index contributed by atoms with van der Waals surface area (Å²) in [6, 6.07) is 11.3. The number of aromatic nitrogens is 3. The maximum atomic E-state index is 13.2. The first-order chi connectivity index (χ1) is 14.6. The van der Waals surface area contributed by atoms with Gasteiger partial charge in [0.1, 0.15) is 17.3 Å². The number of aryl methyl sites for hydroxylation is 2. The van der Waals surface area contributed by atoms with Crippen LogP contribution in [0.4, 0.5) is 0 Å². The van der Waals surface area contributed by atoms with Gasteiger partial charge in [-0.2, -0.15) is 0 Å². The third kappa shape index (κ3) is 4.85. The summed E-state index contributed by atoms with van der Waals surface area (Å²) in [5.74, 6) is 0.595. The fourth-order valence-corrected chi connectivity index (χ4v) is 3.55. The van der Waals surface area contributed by atoms with E-state index in [0.29, 0.717) is 11.4 Å². The van der Waals surface area contributed by atoms with Crippen molar-refractivity contribution in [2.24, 2.45) is 0 Å². The van der Waals surface area contributed by atoms with Crippen LogP contribution in [-0.4, -0.2) is 45.6 Å². The first kappa shape index (κ1) is 22.3. The van der Waals surface area contributed by atoms with Gasteiger partial charge in [0.25, 0.3) is 5.91 Å². The molecule has 6 nitrogen and oxygen atoms in total. The lowest BCUT2D eigenvalue weighted by Gasteiger charge is -2.26. The highest BCUT2D eigenvalue weighted by Crippen LogP contribution is 2.31. The molecular weight excluding hydrogens is 388 g/mol. The lowest BCUT2D eigenvalue weighted by molar-refractivity contribution is -0.122. The van der Waals surface area contributed by atoms with Crippen molar-refractivity contribution >= 4 is 11.7 Å². The zero-order chi connectivity index (χ0) is 22.8. The number of Topliss-reactive ketones (excluding diaryl/α,β-unsaturated/α-hetero) is 1. The third-order valence-corrected chi connectivity index (χ3v) is 5.48. The highest BCUT2D eigenvalue weighted by atomic mass is 16.2. The number of pyridine rings is 1. The van der Waals surface area contributed by atoms with Crippen molar-refractivity contribution in [1.29, 1.82) is 0 Å². The standard InChI is InChI=1S/C25H28N4O2/c1-16-12-18(19-14-26-17(2)27-15-19)10-11-21(16)25(3,4)23(30)13-20-8-7-9-22(28-20)24(31)29(5)6/h7-12,14-15H,13H2,1-6H3. The van der Waals surface area contributed by atoms with Crippen molar-refractivity contribution < 1.29 is 9.59 Å². The topological polar surface area (TPSA) is 76.1 Å². The minimum absolute atomic E-state index is 0.0453. The molecule has 0 aliphatic heterocycles. The van der Waals surface area contributed by atoms with E-state index >= 15 is 0 Å². The zero-order valence-corrected chi connectivity index (χ0v) is 18.9. The number of ketones is 1. The Morgan fingerprint density at radius 3 is 2.26 bits per heavy atom. The van der Waals surface area contributed by atoms with Gasteiger partial charge in [-0.15, -0.1) is 0 Å². The van der Waals surface area contributed by atoms with Gasteiger partial charge in [0.15, 0.2) is 0 Å². The molecule has 6 heteroatoms. The average molecular weight is 417 g/mol. The summed E-state index contributed by atoms with van der Waals surface area (Å²) >= 11 is 0. The Bertz CT molecular complexity index is 1120. The van der Waals surface area contributed by atoms with Crippen LogP contribution in [0, 0.1) is 13.8 Å². The van der Waals surface area contributed by atoms with Crippen molar-refractivity contribution in [2.75, 3.05) is 14.1 Å². The van der Waals surface area contributed by atoms with Crippen LogP contribution in [0.2, 0.25) is 0 Å². The van der Waals surface area contributed by atoms with Crippen molar-refractivity contribution in [1.82, 2.24) is 19.9 Å². The number of nitrogens with zero attached hydrogens (tertiary/aromatic N) is 4. The van der Waals surface area contributed by atoms with Crippen LogP contribution >= 0.6 is 0 Å². The zero-order valence-electron chi connectivity index (χ0n) is 18.9. The Labute approximate surface area is 183 Å². The quantitative estimate of drug-likeness (QED) is 0.608. The molecule has 2 heterocycles. The Hall–Kier alpha value is -3.41. The van der Waals surface area contributed by atoms with Gasteiger partial charge in [0.2, 0.25) is 0 Å². The van der Waals surface area contributed by atoms with E-state index in [2.05, 4.69) is 21.0 Å². The van der Waals surface area contributed by atoms with E-state index in [1.54, 1.807) is 44.7 Å². The van der Waals surface area contributed by atoms with Gasteiger partial charge in [-0.05, 0) is 56.5 Å². The highest BCUT2D eigenvalue weighted by molar-refractivity contribution is 5.93. The number of carbonyl (C=O) groups excluding carboxylic acids is 2. The molecule has 1 amide bonds. The molecule has 0 atom stereocenters. The first-order valence-electron chi connectivity index (χ1n) is 10.2. The predicted octanol–water partition coefficient (Wildman–Crippen LogP) is 3.95. The molecule has 2 aromatic heterocycles.